The number of aryl methyl sites for hydroxylation is 1. The van der Waals surface area contributed by atoms with E-state index >= 15 is 0 Å². The molecule has 2 aromatic carbocycles. The summed E-state index contributed by atoms with van der Waals surface area (Å²) in [6.45, 7) is 4.32. The third-order valence-corrected chi connectivity index (χ3v) is 6.38. The number of nitrogens with zero attached hydrogens (tertiary/aromatic N) is 4. The van der Waals surface area contributed by atoms with Crippen LogP contribution in [0.15, 0.2) is 60.7 Å². The molecule has 32 heavy (non-hydrogen) atoms. The van der Waals surface area contributed by atoms with Crippen molar-refractivity contribution in [3.05, 3.63) is 77.6 Å². The SMILES string of the molecule is Cc1nc(NCC(c2ccccc2)c2ccccc2)c2c(n1)N(C1CCCCO1)CN2C. The molecule has 0 spiro atoms. The lowest BCUT2D eigenvalue weighted by molar-refractivity contribution is 0.0150. The molecule has 1 N–H and O–H groups in total. The molecular formula is C26H31N5O. The van der Waals surface area contributed by atoms with Gasteiger partial charge in [0, 0.05) is 26.1 Å². The van der Waals surface area contributed by atoms with Crippen LogP contribution < -0.4 is 15.1 Å². The van der Waals surface area contributed by atoms with Gasteiger partial charge in [0.2, 0.25) is 0 Å². The molecule has 3 heterocycles. The molecule has 1 fully saturated rings. The normalized spacial score (nSPS) is 18.2. The third kappa shape index (κ3) is 4.15. The first kappa shape index (κ1) is 20.8. The van der Waals surface area contributed by atoms with Crippen molar-refractivity contribution in [1.82, 2.24) is 9.97 Å². The lowest BCUT2D eigenvalue weighted by Gasteiger charge is -2.32. The molecule has 3 aromatic rings. The Hall–Kier alpha value is -3.12. The van der Waals surface area contributed by atoms with Gasteiger partial charge in [-0.15, -0.1) is 0 Å². The van der Waals surface area contributed by atoms with E-state index in [-0.39, 0.29) is 12.1 Å². The number of rotatable bonds is 6. The zero-order valence-electron chi connectivity index (χ0n) is 18.9. The van der Waals surface area contributed by atoms with Gasteiger partial charge in [-0.2, -0.15) is 0 Å². The van der Waals surface area contributed by atoms with Crippen molar-refractivity contribution in [3.8, 4) is 0 Å². The summed E-state index contributed by atoms with van der Waals surface area (Å²) in [7, 11) is 2.11. The van der Waals surface area contributed by atoms with Gasteiger partial charge >= 0.3 is 0 Å². The van der Waals surface area contributed by atoms with E-state index < -0.39 is 0 Å². The summed E-state index contributed by atoms with van der Waals surface area (Å²) in [6.07, 6.45) is 3.48. The van der Waals surface area contributed by atoms with Crippen LogP contribution >= 0.6 is 0 Å². The van der Waals surface area contributed by atoms with Gasteiger partial charge in [0.25, 0.3) is 0 Å². The standard InChI is InChI=1S/C26H31N5O/c1-19-28-25(24-26(29-19)31(18-30(24)2)23-15-9-10-16-32-23)27-17-22(20-11-5-3-6-12-20)21-13-7-4-8-14-21/h3-8,11-14,22-23H,9-10,15-18H2,1-2H3,(H,27,28,29). The minimum absolute atomic E-state index is 0.0935. The molecule has 0 aliphatic carbocycles. The summed E-state index contributed by atoms with van der Waals surface area (Å²) in [6, 6.07) is 21.3. The van der Waals surface area contributed by atoms with Crippen LogP contribution in [0.4, 0.5) is 17.3 Å². The predicted octanol–water partition coefficient (Wildman–Crippen LogP) is 4.77. The molecule has 6 nitrogen and oxygen atoms in total. The van der Waals surface area contributed by atoms with Crippen LogP contribution in [-0.2, 0) is 4.74 Å². The van der Waals surface area contributed by atoms with Gasteiger partial charge in [-0.05, 0) is 37.3 Å². The predicted molar refractivity (Wildman–Crippen MR) is 129 cm³/mol. The van der Waals surface area contributed by atoms with Crippen LogP contribution in [0, 0.1) is 6.92 Å². The van der Waals surface area contributed by atoms with Gasteiger partial charge in [0.05, 0.1) is 6.67 Å². The zero-order valence-corrected chi connectivity index (χ0v) is 18.9. The summed E-state index contributed by atoms with van der Waals surface area (Å²) in [5.41, 5.74) is 3.64. The van der Waals surface area contributed by atoms with E-state index in [0.717, 1.165) is 55.8 Å². The number of ether oxygens (including phenoxy) is 1. The molecule has 0 radical (unpaired) electrons. The second kappa shape index (κ2) is 9.17. The first-order valence-corrected chi connectivity index (χ1v) is 11.5. The Balaban J connectivity index is 1.44. The Morgan fingerprint density at radius 3 is 2.31 bits per heavy atom. The molecule has 1 aromatic heterocycles. The third-order valence-electron chi connectivity index (χ3n) is 6.38. The summed E-state index contributed by atoms with van der Waals surface area (Å²) < 4.78 is 6.08. The maximum Gasteiger partial charge on any atom is 0.161 e. The smallest absolute Gasteiger partial charge is 0.161 e. The van der Waals surface area contributed by atoms with E-state index in [0.29, 0.717) is 0 Å². The first-order chi connectivity index (χ1) is 15.7. The summed E-state index contributed by atoms with van der Waals surface area (Å²) in [5, 5.41) is 3.68. The van der Waals surface area contributed by atoms with Crippen molar-refractivity contribution in [2.75, 3.05) is 42.0 Å². The second-order valence-corrected chi connectivity index (χ2v) is 8.68. The summed E-state index contributed by atoms with van der Waals surface area (Å²) in [4.78, 5) is 14.1. The Labute approximate surface area is 190 Å². The highest BCUT2D eigenvalue weighted by molar-refractivity contribution is 5.82. The Kier molecular flexibility index (Phi) is 5.95. The molecule has 1 saturated heterocycles. The lowest BCUT2D eigenvalue weighted by atomic mass is 9.91. The average Bonchev–Trinajstić information content (AvgIpc) is 3.17. The number of benzene rings is 2. The first-order valence-electron chi connectivity index (χ1n) is 11.5. The Morgan fingerprint density at radius 2 is 1.69 bits per heavy atom. The highest BCUT2D eigenvalue weighted by Crippen LogP contribution is 2.41. The highest BCUT2D eigenvalue weighted by Gasteiger charge is 2.35. The number of hydrogen-bond acceptors (Lipinski definition) is 6. The number of hydrogen-bond donors (Lipinski definition) is 1. The van der Waals surface area contributed by atoms with E-state index in [1.165, 1.54) is 17.5 Å². The fourth-order valence-corrected chi connectivity index (χ4v) is 4.79. The van der Waals surface area contributed by atoms with Crippen LogP contribution in [0.5, 0.6) is 0 Å². The molecule has 0 amide bonds. The topological polar surface area (TPSA) is 53.5 Å². The fraction of sp³-hybridized carbons (Fsp3) is 0.385. The minimum Gasteiger partial charge on any atom is -0.367 e. The van der Waals surface area contributed by atoms with Crippen molar-refractivity contribution in [1.29, 1.82) is 0 Å². The number of anilines is 3. The van der Waals surface area contributed by atoms with Crippen molar-refractivity contribution < 1.29 is 4.74 Å². The molecule has 6 heteroatoms. The zero-order chi connectivity index (χ0) is 21.9. The van der Waals surface area contributed by atoms with Crippen molar-refractivity contribution in [2.45, 2.75) is 38.3 Å². The Morgan fingerprint density at radius 1 is 1.00 bits per heavy atom. The highest BCUT2D eigenvalue weighted by atomic mass is 16.5. The van der Waals surface area contributed by atoms with Gasteiger partial charge in [-0.3, -0.25) is 0 Å². The number of fused-ring (bicyclic) bond motifs is 1. The van der Waals surface area contributed by atoms with Crippen LogP contribution in [0.1, 0.15) is 42.1 Å². The monoisotopic (exact) mass is 429 g/mol. The summed E-state index contributed by atoms with van der Waals surface area (Å²) >= 11 is 0. The van der Waals surface area contributed by atoms with Crippen molar-refractivity contribution in [2.24, 2.45) is 0 Å². The molecule has 0 bridgehead atoms. The van der Waals surface area contributed by atoms with Gasteiger partial charge < -0.3 is 19.9 Å². The lowest BCUT2D eigenvalue weighted by Crippen LogP contribution is -2.41. The van der Waals surface area contributed by atoms with E-state index in [9.17, 15) is 0 Å². The molecule has 1 unspecified atom stereocenters. The summed E-state index contributed by atoms with van der Waals surface area (Å²) in [5.74, 6) is 2.88. The average molecular weight is 430 g/mol. The van der Waals surface area contributed by atoms with Gasteiger partial charge in [-0.25, -0.2) is 9.97 Å². The van der Waals surface area contributed by atoms with Gasteiger partial charge in [0.15, 0.2) is 11.6 Å². The molecule has 166 valence electrons. The van der Waals surface area contributed by atoms with Crippen molar-refractivity contribution >= 4 is 17.3 Å². The minimum atomic E-state index is 0.0935. The second-order valence-electron chi connectivity index (χ2n) is 8.68. The quantitative estimate of drug-likeness (QED) is 0.609. The molecule has 2 aliphatic heterocycles. The van der Waals surface area contributed by atoms with E-state index in [4.69, 9.17) is 14.7 Å². The maximum absolute atomic E-state index is 6.08. The molecule has 2 aliphatic rings. The van der Waals surface area contributed by atoms with Crippen molar-refractivity contribution in [3.63, 3.8) is 0 Å². The van der Waals surface area contributed by atoms with Crippen LogP contribution in [0.3, 0.4) is 0 Å². The van der Waals surface area contributed by atoms with Gasteiger partial charge in [-0.1, -0.05) is 60.7 Å². The van der Waals surface area contributed by atoms with Crippen LogP contribution in [0.25, 0.3) is 0 Å². The van der Waals surface area contributed by atoms with Crippen LogP contribution in [0.2, 0.25) is 0 Å². The Bertz CT molecular complexity index is 997. The van der Waals surface area contributed by atoms with E-state index in [2.05, 4.69) is 82.8 Å². The fourth-order valence-electron chi connectivity index (χ4n) is 4.79. The molecule has 1 atom stereocenters. The van der Waals surface area contributed by atoms with E-state index in [1.807, 2.05) is 6.92 Å². The molecule has 5 rings (SSSR count). The van der Waals surface area contributed by atoms with Crippen LogP contribution in [-0.4, -0.2) is 43.1 Å². The number of aromatic nitrogens is 2. The largest absolute Gasteiger partial charge is 0.367 e. The molecular weight excluding hydrogens is 398 g/mol. The maximum atomic E-state index is 6.08. The van der Waals surface area contributed by atoms with E-state index in [1.54, 1.807) is 0 Å². The number of nitrogens with one attached hydrogen (secondary N) is 1. The molecule has 0 saturated carbocycles. The van der Waals surface area contributed by atoms with Gasteiger partial charge in [0.1, 0.15) is 17.7 Å².